The van der Waals surface area contributed by atoms with Crippen molar-refractivity contribution in [2.24, 2.45) is 0 Å². The molecule has 0 fully saturated rings. The minimum atomic E-state index is -1.82. The second kappa shape index (κ2) is 9.73. The first-order valence-corrected chi connectivity index (χ1v) is 17.3. The number of hydrogen-bond donors (Lipinski definition) is 2. The quantitative estimate of drug-likeness (QED) is 0.386. The van der Waals surface area contributed by atoms with E-state index in [0.29, 0.717) is 7.86 Å². The first-order chi connectivity index (χ1) is 7.43. The molecule has 0 rings (SSSR count). The molecule has 0 saturated carbocycles. The zero-order valence-electron chi connectivity index (χ0n) is 9.51. The molecule has 0 heterocycles. The normalized spacial score (nSPS) is 13.0. The molecular formula is C8H14Hg2O6. The van der Waals surface area contributed by atoms with Crippen LogP contribution >= 0.6 is 0 Å². The fraction of sp³-hybridized carbons (Fsp3) is 0.750. The van der Waals surface area contributed by atoms with Crippen LogP contribution in [0.2, 0.25) is 7.86 Å². The molecule has 0 aromatic carbocycles. The van der Waals surface area contributed by atoms with Crippen LogP contribution in [0.15, 0.2) is 0 Å². The Bertz CT molecular complexity index is 211. The Morgan fingerprint density at radius 1 is 1.00 bits per heavy atom. The van der Waals surface area contributed by atoms with Gasteiger partial charge >= 0.3 is 121 Å². The van der Waals surface area contributed by atoms with Crippen molar-refractivity contribution in [3.05, 3.63) is 0 Å². The van der Waals surface area contributed by atoms with Crippen molar-refractivity contribution in [1.82, 2.24) is 0 Å². The molecule has 0 aromatic rings. The van der Waals surface area contributed by atoms with E-state index in [1.54, 1.807) is 0 Å². The molecule has 0 amide bonds. The third kappa shape index (κ3) is 9.92. The Hall–Kier alpha value is 0.730. The molecule has 0 aromatic heterocycles. The number of rotatable bonds is 7. The predicted molar refractivity (Wildman–Crippen MR) is 45.2 cm³/mol. The van der Waals surface area contributed by atoms with Gasteiger partial charge in [0, 0.05) is 0 Å². The summed E-state index contributed by atoms with van der Waals surface area (Å²) in [6.45, 7) is 2.67. The van der Waals surface area contributed by atoms with Gasteiger partial charge < -0.3 is 0 Å². The summed E-state index contributed by atoms with van der Waals surface area (Å²) in [5, 5.41) is 19.0. The van der Waals surface area contributed by atoms with Crippen LogP contribution in [0.4, 0.5) is 0 Å². The second-order valence-corrected chi connectivity index (χ2v) is 13.3. The molecule has 0 unspecified atom stereocenters. The average molecular weight is 607 g/mol. The van der Waals surface area contributed by atoms with Crippen molar-refractivity contribution in [1.29, 1.82) is 0 Å². The Morgan fingerprint density at radius 2 is 1.31 bits per heavy atom. The Morgan fingerprint density at radius 3 is 1.56 bits per heavy atom. The molecule has 0 saturated heterocycles. The Kier molecular flexibility index (Phi) is 10.2. The molecule has 0 radical (unpaired) electrons. The van der Waals surface area contributed by atoms with Gasteiger partial charge in [-0.15, -0.1) is 0 Å². The van der Waals surface area contributed by atoms with Crippen LogP contribution in [-0.4, -0.2) is 34.4 Å². The number of carbonyl (C=O) groups is 2. The van der Waals surface area contributed by atoms with E-state index in [4.69, 9.17) is 5.29 Å². The van der Waals surface area contributed by atoms with Crippen molar-refractivity contribution in [3.63, 3.8) is 0 Å². The van der Waals surface area contributed by atoms with Gasteiger partial charge in [-0.25, -0.2) is 0 Å². The van der Waals surface area contributed by atoms with Crippen LogP contribution in [0.3, 0.4) is 0 Å². The van der Waals surface area contributed by atoms with Crippen LogP contribution in [0.1, 0.15) is 13.8 Å². The van der Waals surface area contributed by atoms with Crippen molar-refractivity contribution >= 4 is 11.9 Å². The molecule has 0 aliphatic heterocycles. The Labute approximate surface area is 120 Å². The van der Waals surface area contributed by atoms with Crippen molar-refractivity contribution in [2.45, 2.75) is 33.9 Å². The number of aliphatic hydroxyl groups excluding tert-OH is 2. The summed E-state index contributed by atoms with van der Waals surface area (Å²) in [4.78, 5) is 21.0. The van der Waals surface area contributed by atoms with Crippen LogP contribution < -0.4 is 0 Å². The molecule has 2 N–H and O–H groups in total. The minimum absolute atomic E-state index is 0.316. The van der Waals surface area contributed by atoms with Gasteiger partial charge in [0.1, 0.15) is 0 Å². The molecule has 0 bridgehead atoms. The maximum absolute atomic E-state index is 10.5. The van der Waals surface area contributed by atoms with Gasteiger partial charge in [0.25, 0.3) is 0 Å². The predicted octanol–water partition coefficient (Wildman–Crippen LogP) is -0.334. The van der Waals surface area contributed by atoms with Crippen molar-refractivity contribution in [2.75, 3.05) is 0 Å². The van der Waals surface area contributed by atoms with Gasteiger partial charge in [0.15, 0.2) is 0 Å². The molecule has 8 heteroatoms. The van der Waals surface area contributed by atoms with E-state index in [0.717, 1.165) is 0 Å². The monoisotopic (exact) mass is 610 g/mol. The standard InChI is InChI=1S/C4H8O2.2C2H4O2.2Hg/c1-3(5)4(2)6;2*1-2(3)4;;/h3-6H,1-2H2;2*1H3,(H,3,4);;/q;;;2*+1/p-2/t3-,4+;;;;. The number of hydrogen-bond acceptors (Lipinski definition) is 6. The summed E-state index contributed by atoms with van der Waals surface area (Å²) in [6, 6.07) is 0. The molecular weight excluding hydrogens is 593 g/mol. The summed E-state index contributed by atoms with van der Waals surface area (Å²) in [5.74, 6) is -0.633. The topological polar surface area (TPSA) is 93.1 Å². The summed E-state index contributed by atoms with van der Waals surface area (Å²) in [5.41, 5.74) is 0. The molecule has 0 spiro atoms. The van der Waals surface area contributed by atoms with Crippen molar-refractivity contribution in [3.8, 4) is 0 Å². The zero-order chi connectivity index (χ0) is 12.6. The summed E-state index contributed by atoms with van der Waals surface area (Å²) >= 11 is -3.64. The van der Waals surface area contributed by atoms with Crippen LogP contribution in [0.25, 0.3) is 0 Å². The third-order valence-electron chi connectivity index (χ3n) is 1.88. The third-order valence-corrected chi connectivity index (χ3v) is 13.1. The molecule has 16 heavy (non-hydrogen) atoms. The SMILES string of the molecule is CC(=O)[O][Hg][CH2][C@@H](O)[C@@H](O)[CH2][Hg][O]C(C)=O. The van der Waals surface area contributed by atoms with E-state index in [1.165, 1.54) is 13.8 Å². The number of carbonyl (C=O) groups excluding carboxylic acids is 2. The van der Waals surface area contributed by atoms with E-state index in [-0.39, 0.29) is 11.9 Å². The van der Waals surface area contributed by atoms with Gasteiger partial charge in [-0.2, -0.15) is 0 Å². The van der Waals surface area contributed by atoms with E-state index < -0.39 is 62.3 Å². The van der Waals surface area contributed by atoms with Gasteiger partial charge in [0.2, 0.25) is 0 Å². The molecule has 6 nitrogen and oxygen atoms in total. The summed E-state index contributed by atoms with van der Waals surface area (Å²) in [6.07, 6.45) is -1.67. The van der Waals surface area contributed by atoms with E-state index in [1.807, 2.05) is 0 Å². The second-order valence-electron chi connectivity index (χ2n) is 3.39. The van der Waals surface area contributed by atoms with Gasteiger partial charge in [-0.3, -0.25) is 0 Å². The maximum atomic E-state index is 10.5. The Balaban J connectivity index is 3.60. The molecule has 2 atom stereocenters. The zero-order valence-corrected chi connectivity index (χ0v) is 20.5. The van der Waals surface area contributed by atoms with Gasteiger partial charge in [-0.05, 0) is 0 Å². The molecule has 86 valence electrons. The average Bonchev–Trinajstić information content (AvgIpc) is 2.16. The van der Waals surface area contributed by atoms with Crippen molar-refractivity contribution < 1.29 is 75.2 Å². The summed E-state index contributed by atoms with van der Waals surface area (Å²) in [7, 11) is 0. The van der Waals surface area contributed by atoms with Gasteiger partial charge in [-0.1, -0.05) is 0 Å². The van der Waals surface area contributed by atoms with Crippen LogP contribution in [0.5, 0.6) is 0 Å². The fourth-order valence-electron chi connectivity index (χ4n) is 1.03. The summed E-state index contributed by atoms with van der Waals surface area (Å²) < 4.78 is 10.5. The number of aliphatic hydroxyl groups is 2. The molecule has 0 aliphatic rings. The first-order valence-electron chi connectivity index (χ1n) is 5.06. The van der Waals surface area contributed by atoms with E-state index >= 15 is 0 Å². The molecule has 0 aliphatic carbocycles. The van der Waals surface area contributed by atoms with E-state index in [2.05, 4.69) is 0 Å². The van der Waals surface area contributed by atoms with Crippen LogP contribution in [-0.2, 0) is 64.9 Å². The van der Waals surface area contributed by atoms with E-state index in [9.17, 15) is 19.8 Å². The van der Waals surface area contributed by atoms with Crippen LogP contribution in [0, 0.1) is 0 Å². The van der Waals surface area contributed by atoms with Gasteiger partial charge in [0.05, 0.1) is 0 Å². The first kappa shape index (κ1) is 16.7. The fourth-order valence-corrected chi connectivity index (χ4v) is 9.05.